The number of fused-ring (bicyclic) bond motifs is 2. The first-order chi connectivity index (χ1) is 12.6. The van der Waals surface area contributed by atoms with E-state index in [1.807, 2.05) is 0 Å². The van der Waals surface area contributed by atoms with Gasteiger partial charge in [-0.25, -0.2) is 0 Å². The van der Waals surface area contributed by atoms with Crippen LogP contribution >= 0.6 is 0 Å². The number of hydrogen-bond acceptors (Lipinski definition) is 2. The molecule has 0 aliphatic rings. The second-order valence-corrected chi connectivity index (χ2v) is 7.07. The molecule has 0 aliphatic carbocycles. The molecule has 4 aromatic rings. The van der Waals surface area contributed by atoms with Gasteiger partial charge in [-0.3, -0.25) is 0 Å². The molecule has 0 fully saturated rings. The van der Waals surface area contributed by atoms with Crippen LogP contribution in [0.3, 0.4) is 0 Å². The number of nitrogens with zero attached hydrogens (tertiary/aromatic N) is 1. The molecule has 0 atom stereocenters. The van der Waals surface area contributed by atoms with E-state index in [4.69, 9.17) is 0 Å². The van der Waals surface area contributed by atoms with Gasteiger partial charge in [0.15, 0.2) is 0 Å². The molecule has 0 radical (unpaired) electrons. The molecule has 4 rings (SSSR count). The van der Waals surface area contributed by atoms with Gasteiger partial charge in [-0.15, -0.1) is 0 Å². The van der Waals surface area contributed by atoms with Gasteiger partial charge >= 0.3 is 0 Å². The Morgan fingerprint density at radius 1 is 0.692 bits per heavy atom. The normalized spacial score (nSPS) is 11.2. The van der Waals surface area contributed by atoms with E-state index < -0.39 is 0 Å². The molecule has 26 heavy (non-hydrogen) atoms. The van der Waals surface area contributed by atoms with E-state index in [9.17, 15) is 0 Å². The van der Waals surface area contributed by atoms with E-state index in [1.54, 1.807) is 0 Å². The molecule has 0 amide bonds. The Labute approximate surface area is 155 Å². The maximum absolute atomic E-state index is 3.70. The number of benzene rings is 4. The fourth-order valence-electron chi connectivity index (χ4n) is 3.38. The molecule has 0 spiro atoms. The Bertz CT molecular complexity index is 1060. The smallest absolute Gasteiger partial charge is 0.0628 e. The van der Waals surface area contributed by atoms with Crippen molar-refractivity contribution >= 4 is 38.6 Å². The van der Waals surface area contributed by atoms with E-state index in [0.29, 0.717) is 6.04 Å². The molecular formula is C24H24N2. The van der Waals surface area contributed by atoms with Crippen LogP contribution in [0.5, 0.6) is 0 Å². The summed E-state index contributed by atoms with van der Waals surface area (Å²) in [6.45, 7) is 4.44. The Kier molecular flexibility index (Phi) is 4.26. The highest BCUT2D eigenvalue weighted by atomic mass is 15.1. The summed E-state index contributed by atoms with van der Waals surface area (Å²) in [6, 6.07) is 28.4. The molecule has 0 aromatic heterocycles. The Morgan fingerprint density at radius 2 is 1.31 bits per heavy atom. The summed E-state index contributed by atoms with van der Waals surface area (Å²) in [6.07, 6.45) is 0. The first-order valence-electron chi connectivity index (χ1n) is 9.14. The van der Waals surface area contributed by atoms with Crippen molar-refractivity contribution < 1.29 is 0 Å². The number of hydrogen-bond donors (Lipinski definition) is 1. The highest BCUT2D eigenvalue weighted by Gasteiger charge is 2.13. The molecule has 0 saturated heterocycles. The van der Waals surface area contributed by atoms with Crippen molar-refractivity contribution in [2.24, 2.45) is 0 Å². The van der Waals surface area contributed by atoms with Crippen molar-refractivity contribution in [3.63, 3.8) is 0 Å². The van der Waals surface area contributed by atoms with Crippen LogP contribution in [-0.2, 0) is 0 Å². The highest BCUT2D eigenvalue weighted by Crippen LogP contribution is 2.35. The largest absolute Gasteiger partial charge is 0.370 e. The third-order valence-electron chi connectivity index (χ3n) is 5.08. The van der Waals surface area contributed by atoms with Crippen molar-refractivity contribution in [1.82, 2.24) is 0 Å². The first kappa shape index (κ1) is 16.5. The second kappa shape index (κ2) is 6.72. The minimum atomic E-state index is 0.421. The van der Waals surface area contributed by atoms with Crippen LogP contribution in [0, 0.1) is 0 Å². The van der Waals surface area contributed by atoms with E-state index >= 15 is 0 Å². The van der Waals surface area contributed by atoms with Gasteiger partial charge in [0.25, 0.3) is 0 Å². The van der Waals surface area contributed by atoms with E-state index in [-0.39, 0.29) is 0 Å². The topological polar surface area (TPSA) is 15.3 Å². The van der Waals surface area contributed by atoms with Gasteiger partial charge < -0.3 is 10.2 Å². The van der Waals surface area contributed by atoms with Crippen LogP contribution in [0.25, 0.3) is 21.5 Å². The van der Waals surface area contributed by atoms with Crippen molar-refractivity contribution in [3.8, 4) is 0 Å². The van der Waals surface area contributed by atoms with Crippen LogP contribution in [0.2, 0.25) is 0 Å². The van der Waals surface area contributed by atoms with Crippen LogP contribution in [-0.4, -0.2) is 13.1 Å². The van der Waals surface area contributed by atoms with E-state index in [0.717, 1.165) is 11.4 Å². The van der Waals surface area contributed by atoms with Gasteiger partial charge in [-0.1, -0.05) is 60.7 Å². The standard InChI is InChI=1S/C24H24N2/c1-17(2)26(3)24-16-20-11-5-4-10-19(20)15-23(24)25-22-14-8-12-18-9-6-7-13-21(18)22/h4-17,25H,1-3H3. The molecule has 0 heterocycles. The predicted octanol–water partition coefficient (Wildman–Crippen LogP) is 6.58. The third-order valence-corrected chi connectivity index (χ3v) is 5.08. The predicted molar refractivity (Wildman–Crippen MR) is 115 cm³/mol. The lowest BCUT2D eigenvalue weighted by molar-refractivity contribution is 0.756. The lowest BCUT2D eigenvalue weighted by atomic mass is 10.1. The number of nitrogens with one attached hydrogen (secondary N) is 1. The zero-order chi connectivity index (χ0) is 18.1. The van der Waals surface area contributed by atoms with Gasteiger partial charge in [0.2, 0.25) is 0 Å². The summed E-state index contributed by atoms with van der Waals surface area (Å²) in [5.41, 5.74) is 3.49. The lowest BCUT2D eigenvalue weighted by Gasteiger charge is -2.27. The van der Waals surface area contributed by atoms with E-state index in [2.05, 4.69) is 110 Å². The second-order valence-electron chi connectivity index (χ2n) is 7.07. The molecule has 4 aromatic carbocycles. The first-order valence-corrected chi connectivity index (χ1v) is 9.14. The molecule has 0 bridgehead atoms. The zero-order valence-corrected chi connectivity index (χ0v) is 15.5. The highest BCUT2D eigenvalue weighted by molar-refractivity contribution is 5.99. The molecule has 0 unspecified atom stereocenters. The fourth-order valence-corrected chi connectivity index (χ4v) is 3.38. The molecule has 2 nitrogen and oxygen atoms in total. The zero-order valence-electron chi connectivity index (χ0n) is 15.5. The van der Waals surface area contributed by atoms with Gasteiger partial charge in [-0.2, -0.15) is 0 Å². The molecule has 0 saturated carbocycles. The average molecular weight is 340 g/mol. The third kappa shape index (κ3) is 2.99. The maximum Gasteiger partial charge on any atom is 0.0628 e. The summed E-state index contributed by atoms with van der Waals surface area (Å²) >= 11 is 0. The van der Waals surface area contributed by atoms with E-state index in [1.165, 1.54) is 27.2 Å². The summed E-state index contributed by atoms with van der Waals surface area (Å²) < 4.78 is 0. The van der Waals surface area contributed by atoms with Gasteiger partial charge in [0, 0.05) is 24.2 Å². The van der Waals surface area contributed by atoms with Crippen LogP contribution in [0.4, 0.5) is 17.1 Å². The summed E-state index contributed by atoms with van der Waals surface area (Å²) in [5.74, 6) is 0. The summed E-state index contributed by atoms with van der Waals surface area (Å²) in [7, 11) is 2.16. The Hall–Kier alpha value is -3.00. The van der Waals surface area contributed by atoms with Gasteiger partial charge in [-0.05, 0) is 48.2 Å². The van der Waals surface area contributed by atoms with Crippen molar-refractivity contribution in [2.75, 3.05) is 17.3 Å². The summed E-state index contributed by atoms with van der Waals surface area (Å²) in [5, 5.41) is 8.70. The molecule has 2 heteroatoms. The monoisotopic (exact) mass is 340 g/mol. The molecular weight excluding hydrogens is 316 g/mol. The Morgan fingerprint density at radius 3 is 2.04 bits per heavy atom. The number of anilines is 3. The van der Waals surface area contributed by atoms with Crippen LogP contribution < -0.4 is 10.2 Å². The minimum absolute atomic E-state index is 0.421. The molecule has 0 aliphatic heterocycles. The fraction of sp³-hybridized carbons (Fsp3) is 0.167. The van der Waals surface area contributed by atoms with Crippen molar-refractivity contribution in [2.45, 2.75) is 19.9 Å². The number of rotatable bonds is 4. The average Bonchev–Trinajstić information content (AvgIpc) is 2.67. The Balaban J connectivity index is 1.87. The summed E-state index contributed by atoms with van der Waals surface area (Å²) in [4.78, 5) is 2.32. The van der Waals surface area contributed by atoms with Crippen molar-refractivity contribution in [3.05, 3.63) is 78.9 Å². The lowest BCUT2D eigenvalue weighted by Crippen LogP contribution is -2.26. The van der Waals surface area contributed by atoms with Crippen LogP contribution in [0.15, 0.2) is 78.9 Å². The van der Waals surface area contributed by atoms with Crippen molar-refractivity contribution in [1.29, 1.82) is 0 Å². The van der Waals surface area contributed by atoms with Crippen LogP contribution in [0.1, 0.15) is 13.8 Å². The molecule has 1 N–H and O–H groups in total. The quantitative estimate of drug-likeness (QED) is 0.451. The van der Waals surface area contributed by atoms with Gasteiger partial charge in [0.1, 0.15) is 0 Å². The minimum Gasteiger partial charge on any atom is -0.370 e. The SMILES string of the molecule is CC(C)N(C)c1cc2ccccc2cc1Nc1cccc2ccccc12. The maximum atomic E-state index is 3.70. The molecule has 130 valence electrons. The van der Waals surface area contributed by atoms with Gasteiger partial charge in [0.05, 0.1) is 11.4 Å².